The Hall–Kier alpha value is -1.92. The van der Waals surface area contributed by atoms with E-state index < -0.39 is 0 Å². The number of aromatic nitrogens is 1. The quantitative estimate of drug-likeness (QED) is 0.940. The van der Waals surface area contributed by atoms with Gasteiger partial charge in [-0.1, -0.05) is 0 Å². The van der Waals surface area contributed by atoms with Crippen LogP contribution in [0.1, 0.15) is 5.56 Å². The summed E-state index contributed by atoms with van der Waals surface area (Å²) in [4.78, 5) is 18.5. The summed E-state index contributed by atoms with van der Waals surface area (Å²) in [5, 5.41) is 6.83. The summed E-state index contributed by atoms with van der Waals surface area (Å²) in [5.74, 6) is 0.906. The number of morpholine rings is 1. The van der Waals surface area contributed by atoms with E-state index in [0.717, 1.165) is 43.4 Å². The molecular formula is C15H17N3O2S. The molecule has 1 aliphatic heterocycles. The number of hydrogen-bond donors (Lipinski definition) is 1. The number of nitrogens with zero attached hydrogens (tertiary/aromatic N) is 2. The van der Waals surface area contributed by atoms with Crippen LogP contribution in [-0.4, -0.2) is 37.2 Å². The fourth-order valence-electron chi connectivity index (χ4n) is 2.22. The lowest BCUT2D eigenvalue weighted by atomic mass is 10.2. The van der Waals surface area contributed by atoms with E-state index in [1.54, 1.807) is 17.5 Å². The molecule has 0 atom stereocenters. The molecule has 21 heavy (non-hydrogen) atoms. The van der Waals surface area contributed by atoms with E-state index in [4.69, 9.17) is 4.74 Å². The van der Waals surface area contributed by atoms with Crippen LogP contribution in [0.5, 0.6) is 0 Å². The number of pyridine rings is 1. The Kier molecular flexibility index (Phi) is 4.47. The van der Waals surface area contributed by atoms with Gasteiger partial charge in [-0.15, -0.1) is 0 Å². The lowest BCUT2D eigenvalue weighted by Crippen LogP contribution is -2.36. The molecule has 0 spiro atoms. The van der Waals surface area contributed by atoms with Gasteiger partial charge < -0.3 is 15.0 Å². The van der Waals surface area contributed by atoms with E-state index in [1.807, 2.05) is 29.0 Å². The maximum Gasteiger partial charge on any atom is 0.228 e. The Morgan fingerprint density at radius 3 is 2.86 bits per heavy atom. The molecule has 0 radical (unpaired) electrons. The third kappa shape index (κ3) is 3.80. The number of carbonyl (C=O) groups excluding carboxylic acids is 1. The van der Waals surface area contributed by atoms with Crippen LogP contribution in [0.4, 0.5) is 11.5 Å². The fraction of sp³-hybridized carbons (Fsp3) is 0.333. The van der Waals surface area contributed by atoms with Gasteiger partial charge in [-0.2, -0.15) is 11.3 Å². The van der Waals surface area contributed by atoms with Crippen molar-refractivity contribution >= 4 is 28.7 Å². The highest BCUT2D eigenvalue weighted by atomic mass is 32.1. The number of hydrogen-bond acceptors (Lipinski definition) is 5. The van der Waals surface area contributed by atoms with Crippen LogP contribution in [0.25, 0.3) is 0 Å². The molecule has 2 aromatic heterocycles. The molecule has 1 N–H and O–H groups in total. The van der Waals surface area contributed by atoms with E-state index in [1.165, 1.54) is 0 Å². The zero-order valence-electron chi connectivity index (χ0n) is 11.6. The minimum Gasteiger partial charge on any atom is -0.378 e. The number of nitrogens with one attached hydrogen (secondary N) is 1. The average molecular weight is 303 g/mol. The SMILES string of the molecule is O=C(Cc1ccsc1)Nc1ccc(N2CCOCC2)nc1. The summed E-state index contributed by atoms with van der Waals surface area (Å²) in [5.41, 5.74) is 1.77. The van der Waals surface area contributed by atoms with E-state index >= 15 is 0 Å². The smallest absolute Gasteiger partial charge is 0.228 e. The summed E-state index contributed by atoms with van der Waals surface area (Å²) in [7, 11) is 0. The predicted octanol–water partition coefficient (Wildman–Crippen LogP) is 2.16. The predicted molar refractivity (Wildman–Crippen MR) is 83.9 cm³/mol. The van der Waals surface area contributed by atoms with Crippen LogP contribution in [0.15, 0.2) is 35.2 Å². The van der Waals surface area contributed by atoms with Gasteiger partial charge in [-0.25, -0.2) is 4.98 Å². The lowest BCUT2D eigenvalue weighted by molar-refractivity contribution is -0.115. The van der Waals surface area contributed by atoms with Gasteiger partial charge in [0.1, 0.15) is 5.82 Å². The molecule has 6 heteroatoms. The second kappa shape index (κ2) is 6.69. The van der Waals surface area contributed by atoms with Crippen LogP contribution in [0.2, 0.25) is 0 Å². The second-order valence-electron chi connectivity index (χ2n) is 4.86. The Labute approximate surface area is 127 Å². The van der Waals surface area contributed by atoms with Crippen molar-refractivity contribution in [3.05, 3.63) is 40.7 Å². The molecule has 3 rings (SSSR count). The molecule has 0 saturated carbocycles. The first-order valence-electron chi connectivity index (χ1n) is 6.91. The summed E-state index contributed by atoms with van der Waals surface area (Å²) in [6, 6.07) is 5.79. The minimum atomic E-state index is -0.0191. The highest BCUT2D eigenvalue weighted by Gasteiger charge is 2.12. The number of ether oxygens (including phenoxy) is 1. The average Bonchev–Trinajstić information content (AvgIpc) is 3.02. The van der Waals surface area contributed by atoms with E-state index in [-0.39, 0.29) is 5.91 Å². The standard InChI is InChI=1S/C15H17N3O2S/c19-15(9-12-3-8-21-11-12)17-13-1-2-14(16-10-13)18-4-6-20-7-5-18/h1-3,8,10-11H,4-7,9H2,(H,17,19). The van der Waals surface area contributed by atoms with Crippen molar-refractivity contribution in [2.45, 2.75) is 6.42 Å². The third-order valence-corrected chi connectivity index (χ3v) is 4.04. The summed E-state index contributed by atoms with van der Waals surface area (Å²) in [6.45, 7) is 3.19. The zero-order valence-corrected chi connectivity index (χ0v) is 12.4. The fourth-order valence-corrected chi connectivity index (χ4v) is 2.89. The van der Waals surface area contributed by atoms with Crippen molar-refractivity contribution in [2.75, 3.05) is 36.5 Å². The van der Waals surface area contributed by atoms with Gasteiger partial charge in [0.25, 0.3) is 0 Å². The van der Waals surface area contributed by atoms with Crippen molar-refractivity contribution < 1.29 is 9.53 Å². The van der Waals surface area contributed by atoms with Gasteiger partial charge in [0.15, 0.2) is 0 Å². The van der Waals surface area contributed by atoms with Crippen molar-refractivity contribution in [3.8, 4) is 0 Å². The molecule has 0 unspecified atom stereocenters. The van der Waals surface area contributed by atoms with Crippen LogP contribution in [-0.2, 0) is 16.0 Å². The normalized spacial score (nSPS) is 15.0. The molecule has 110 valence electrons. The molecular weight excluding hydrogens is 286 g/mol. The van der Waals surface area contributed by atoms with Crippen molar-refractivity contribution in [1.29, 1.82) is 0 Å². The summed E-state index contributed by atoms with van der Waals surface area (Å²) >= 11 is 1.60. The maximum atomic E-state index is 11.9. The first kappa shape index (κ1) is 14.0. The third-order valence-electron chi connectivity index (χ3n) is 3.31. The molecule has 1 fully saturated rings. The van der Waals surface area contributed by atoms with Crippen molar-refractivity contribution in [1.82, 2.24) is 4.98 Å². The van der Waals surface area contributed by atoms with Crippen molar-refractivity contribution in [2.24, 2.45) is 0 Å². The first-order chi connectivity index (χ1) is 10.3. The van der Waals surface area contributed by atoms with E-state index in [9.17, 15) is 4.79 Å². The zero-order chi connectivity index (χ0) is 14.5. The number of rotatable bonds is 4. The van der Waals surface area contributed by atoms with E-state index in [0.29, 0.717) is 6.42 Å². The highest BCUT2D eigenvalue weighted by molar-refractivity contribution is 7.08. The highest BCUT2D eigenvalue weighted by Crippen LogP contribution is 2.16. The number of carbonyl (C=O) groups is 1. The van der Waals surface area contributed by atoms with Gasteiger partial charge in [-0.05, 0) is 34.5 Å². The van der Waals surface area contributed by atoms with Crippen molar-refractivity contribution in [3.63, 3.8) is 0 Å². The molecule has 1 amide bonds. The first-order valence-corrected chi connectivity index (χ1v) is 7.85. The largest absolute Gasteiger partial charge is 0.378 e. The van der Waals surface area contributed by atoms with Crippen LogP contribution in [0.3, 0.4) is 0 Å². The molecule has 0 aromatic carbocycles. The Balaban J connectivity index is 1.57. The molecule has 5 nitrogen and oxygen atoms in total. The number of anilines is 2. The van der Waals surface area contributed by atoms with Crippen LogP contribution in [0, 0.1) is 0 Å². The van der Waals surface area contributed by atoms with Gasteiger partial charge in [0, 0.05) is 13.1 Å². The molecule has 1 aliphatic rings. The minimum absolute atomic E-state index is 0.0191. The topological polar surface area (TPSA) is 54.5 Å². The van der Waals surface area contributed by atoms with Gasteiger partial charge in [0.2, 0.25) is 5.91 Å². The monoisotopic (exact) mass is 303 g/mol. The van der Waals surface area contributed by atoms with Crippen LogP contribution >= 0.6 is 11.3 Å². The number of thiophene rings is 1. The lowest BCUT2D eigenvalue weighted by Gasteiger charge is -2.27. The van der Waals surface area contributed by atoms with Gasteiger partial charge in [-0.3, -0.25) is 4.79 Å². The Morgan fingerprint density at radius 1 is 1.33 bits per heavy atom. The number of amides is 1. The summed E-state index contributed by atoms with van der Waals surface area (Å²) in [6.07, 6.45) is 2.10. The molecule has 3 heterocycles. The second-order valence-corrected chi connectivity index (χ2v) is 5.64. The molecule has 2 aromatic rings. The molecule has 1 saturated heterocycles. The van der Waals surface area contributed by atoms with Gasteiger partial charge >= 0.3 is 0 Å². The van der Waals surface area contributed by atoms with E-state index in [2.05, 4.69) is 15.2 Å². The Bertz CT molecular complexity index is 577. The summed E-state index contributed by atoms with van der Waals surface area (Å²) < 4.78 is 5.32. The molecule has 0 bridgehead atoms. The van der Waals surface area contributed by atoms with Gasteiger partial charge in [0.05, 0.1) is 31.5 Å². The van der Waals surface area contributed by atoms with Crippen LogP contribution < -0.4 is 10.2 Å². The molecule has 0 aliphatic carbocycles. The Morgan fingerprint density at radius 2 is 2.19 bits per heavy atom. The maximum absolute atomic E-state index is 11.9.